The van der Waals surface area contributed by atoms with Crippen LogP contribution in [0.4, 0.5) is 14.5 Å². The molecule has 0 heterocycles. The zero-order valence-electron chi connectivity index (χ0n) is 12.2. The first kappa shape index (κ1) is 17.2. The number of alkyl halides is 2. The number of hydrogen-bond donors (Lipinski definition) is 2. The quantitative estimate of drug-likeness (QED) is 0.499. The second-order valence-electron chi connectivity index (χ2n) is 4.67. The number of nitrogens with zero attached hydrogens (tertiary/aromatic N) is 1. The Labute approximate surface area is 128 Å². The van der Waals surface area contributed by atoms with Gasteiger partial charge in [0.15, 0.2) is 0 Å². The van der Waals surface area contributed by atoms with Crippen molar-refractivity contribution >= 4 is 28.8 Å². The molecule has 0 fully saturated rings. The van der Waals surface area contributed by atoms with Crippen molar-refractivity contribution in [2.45, 2.75) is 19.8 Å². The highest BCUT2D eigenvalue weighted by molar-refractivity contribution is 6.32. The van der Waals surface area contributed by atoms with Gasteiger partial charge in [-0.05, 0) is 36.8 Å². The highest BCUT2D eigenvalue weighted by atomic mass is 35.5. The molecule has 0 bridgehead atoms. The lowest BCUT2D eigenvalue weighted by atomic mass is 10.1. The van der Waals surface area contributed by atoms with Crippen molar-refractivity contribution < 1.29 is 8.78 Å². The van der Waals surface area contributed by atoms with E-state index in [0.717, 1.165) is 6.92 Å². The van der Waals surface area contributed by atoms with Crippen molar-refractivity contribution in [1.82, 2.24) is 5.32 Å². The smallest absolute Gasteiger partial charge is 0.266 e. The molecule has 0 amide bonds. The normalized spacial score (nSPS) is 13.2. The number of nitrogens with two attached hydrogens (primary N) is 1. The van der Waals surface area contributed by atoms with Crippen molar-refractivity contribution in [1.29, 1.82) is 0 Å². The molecule has 21 heavy (non-hydrogen) atoms. The summed E-state index contributed by atoms with van der Waals surface area (Å²) in [6.07, 6.45) is 1.27. The average molecular weight is 314 g/mol. The van der Waals surface area contributed by atoms with E-state index in [4.69, 9.17) is 17.3 Å². The van der Waals surface area contributed by atoms with Gasteiger partial charge in [-0.15, -0.1) is 0 Å². The molecule has 0 radical (unpaired) electrons. The van der Waals surface area contributed by atoms with E-state index in [9.17, 15) is 8.78 Å². The Morgan fingerprint density at radius 3 is 2.62 bits per heavy atom. The summed E-state index contributed by atoms with van der Waals surface area (Å²) in [6.45, 7) is 6.00. The number of allylic oxidation sites excluding steroid dienone is 1. The predicted octanol–water partition coefficient (Wildman–Crippen LogP) is 4.11. The lowest BCUT2D eigenvalue weighted by molar-refractivity contribution is 0.0637. The van der Waals surface area contributed by atoms with Crippen molar-refractivity contribution in [2.24, 2.45) is 4.99 Å². The van der Waals surface area contributed by atoms with Gasteiger partial charge in [0.25, 0.3) is 5.92 Å². The first-order valence-corrected chi connectivity index (χ1v) is 6.57. The van der Waals surface area contributed by atoms with E-state index in [1.807, 2.05) is 0 Å². The molecule has 0 atom stereocenters. The molecular formula is C15H18ClF2N3. The van der Waals surface area contributed by atoms with Crippen molar-refractivity contribution in [3.8, 4) is 0 Å². The minimum absolute atomic E-state index is 0.109. The van der Waals surface area contributed by atoms with Gasteiger partial charge in [-0.2, -0.15) is 0 Å². The van der Waals surface area contributed by atoms with E-state index < -0.39 is 5.92 Å². The molecule has 0 aromatic heterocycles. The second kappa shape index (κ2) is 6.72. The summed E-state index contributed by atoms with van der Waals surface area (Å²) in [5.41, 5.74) is 7.13. The van der Waals surface area contributed by atoms with Gasteiger partial charge in [0.2, 0.25) is 0 Å². The van der Waals surface area contributed by atoms with Gasteiger partial charge >= 0.3 is 0 Å². The molecule has 114 valence electrons. The molecule has 0 unspecified atom stereocenters. The summed E-state index contributed by atoms with van der Waals surface area (Å²) in [4.78, 5) is 3.92. The van der Waals surface area contributed by atoms with Crippen molar-refractivity contribution in [3.05, 3.63) is 47.0 Å². The molecule has 0 aliphatic carbocycles. The molecule has 3 nitrogen and oxygen atoms in total. The van der Waals surface area contributed by atoms with E-state index in [2.05, 4.69) is 16.9 Å². The number of hydrogen-bond acceptors (Lipinski definition) is 2. The average Bonchev–Trinajstić information content (AvgIpc) is 2.39. The summed E-state index contributed by atoms with van der Waals surface area (Å²) in [7, 11) is 1.49. The van der Waals surface area contributed by atoms with Crippen LogP contribution < -0.4 is 11.1 Å². The van der Waals surface area contributed by atoms with Crippen LogP contribution in [-0.4, -0.2) is 18.8 Å². The molecule has 0 spiro atoms. The Balaban J connectivity index is 2.98. The van der Waals surface area contributed by atoms with Crippen LogP contribution in [0.2, 0.25) is 5.02 Å². The number of anilines is 1. The Kier molecular flexibility index (Phi) is 5.49. The molecule has 1 aromatic carbocycles. The maximum Gasteiger partial charge on any atom is 0.266 e. The van der Waals surface area contributed by atoms with Crippen molar-refractivity contribution in [2.75, 3.05) is 12.8 Å². The molecule has 1 rings (SSSR count). The first-order chi connectivity index (χ1) is 9.65. The molecule has 0 saturated carbocycles. The van der Waals surface area contributed by atoms with E-state index >= 15 is 0 Å². The molecule has 0 aliphatic heterocycles. The van der Waals surface area contributed by atoms with E-state index in [0.29, 0.717) is 22.0 Å². The highest BCUT2D eigenvalue weighted by Gasteiger charge is 2.24. The van der Waals surface area contributed by atoms with Gasteiger partial charge < -0.3 is 11.1 Å². The number of rotatable bonds is 4. The van der Waals surface area contributed by atoms with Gasteiger partial charge in [0.05, 0.1) is 5.02 Å². The topological polar surface area (TPSA) is 50.4 Å². The predicted molar refractivity (Wildman–Crippen MR) is 85.8 cm³/mol. The summed E-state index contributed by atoms with van der Waals surface area (Å²) >= 11 is 6.06. The fourth-order valence-corrected chi connectivity index (χ4v) is 1.72. The molecule has 0 saturated heterocycles. The third-order valence-electron chi connectivity index (χ3n) is 2.88. The highest BCUT2D eigenvalue weighted by Crippen LogP contribution is 2.25. The Hall–Kier alpha value is -1.88. The van der Waals surface area contributed by atoms with Crippen LogP contribution in [-0.2, 0) is 0 Å². The Bertz CT molecular complexity index is 601. The van der Waals surface area contributed by atoms with Crippen LogP contribution >= 0.6 is 11.6 Å². The number of nitrogens with one attached hydrogen (secondary N) is 1. The van der Waals surface area contributed by atoms with Gasteiger partial charge in [0, 0.05) is 30.9 Å². The summed E-state index contributed by atoms with van der Waals surface area (Å²) in [5.74, 6) is -2.65. The maximum atomic E-state index is 13.2. The SMILES string of the molecule is C=C(NC(/C=C(\C)C(C)(F)F)=N/C)c1cc(N)ccc1Cl. The van der Waals surface area contributed by atoms with Crippen molar-refractivity contribution in [3.63, 3.8) is 0 Å². The monoisotopic (exact) mass is 313 g/mol. The fourth-order valence-electron chi connectivity index (χ4n) is 1.48. The first-order valence-electron chi connectivity index (χ1n) is 6.20. The largest absolute Gasteiger partial charge is 0.399 e. The number of aliphatic imine (C=N–C) groups is 1. The summed E-state index contributed by atoms with van der Waals surface area (Å²) in [5, 5.41) is 3.32. The third kappa shape index (κ3) is 4.86. The minimum Gasteiger partial charge on any atom is -0.399 e. The summed E-state index contributed by atoms with van der Waals surface area (Å²) < 4.78 is 26.4. The number of nitrogen functional groups attached to an aromatic ring is 1. The Morgan fingerprint density at radius 2 is 2.10 bits per heavy atom. The maximum absolute atomic E-state index is 13.2. The van der Waals surface area contributed by atoms with Crippen LogP contribution in [0, 0.1) is 0 Å². The zero-order chi connectivity index (χ0) is 16.2. The standard InChI is InChI=1S/C15H18ClF2N3/c1-9(15(3,17)18)7-14(20-4)21-10(2)12-8-11(19)5-6-13(12)16/h5-8H,2,19H2,1,3-4H3,(H,20,21)/b9-7+. The molecule has 1 aromatic rings. The molecule has 6 heteroatoms. The lowest BCUT2D eigenvalue weighted by Crippen LogP contribution is -2.22. The van der Waals surface area contributed by atoms with Crippen LogP contribution in [0.15, 0.2) is 41.4 Å². The lowest BCUT2D eigenvalue weighted by Gasteiger charge is -2.14. The number of amidine groups is 1. The van der Waals surface area contributed by atoms with Gasteiger partial charge in [-0.25, -0.2) is 8.78 Å². The van der Waals surface area contributed by atoms with Crippen LogP contribution in [0.1, 0.15) is 19.4 Å². The van der Waals surface area contributed by atoms with Crippen LogP contribution in [0.3, 0.4) is 0 Å². The van der Waals surface area contributed by atoms with E-state index in [1.54, 1.807) is 18.2 Å². The summed E-state index contributed by atoms with van der Waals surface area (Å²) in [6, 6.07) is 4.95. The second-order valence-corrected chi connectivity index (χ2v) is 5.07. The van der Waals surface area contributed by atoms with Gasteiger partial charge in [-0.3, -0.25) is 4.99 Å². The van der Waals surface area contributed by atoms with Gasteiger partial charge in [0.1, 0.15) is 5.84 Å². The van der Waals surface area contributed by atoms with Crippen LogP contribution in [0.5, 0.6) is 0 Å². The Morgan fingerprint density at radius 1 is 1.48 bits per heavy atom. The third-order valence-corrected chi connectivity index (χ3v) is 3.21. The minimum atomic E-state index is -2.91. The van der Waals surface area contributed by atoms with E-state index in [-0.39, 0.29) is 11.4 Å². The zero-order valence-corrected chi connectivity index (χ0v) is 12.9. The molecule has 0 aliphatic rings. The van der Waals surface area contributed by atoms with Crippen LogP contribution in [0.25, 0.3) is 5.70 Å². The molecule has 3 N–H and O–H groups in total. The fraction of sp³-hybridized carbons (Fsp3) is 0.267. The number of halogens is 3. The number of benzene rings is 1. The van der Waals surface area contributed by atoms with E-state index in [1.165, 1.54) is 20.0 Å². The molecular weight excluding hydrogens is 296 g/mol. The van der Waals surface area contributed by atoms with Gasteiger partial charge in [-0.1, -0.05) is 18.2 Å².